The molecule has 1 saturated heterocycles. The summed E-state index contributed by atoms with van der Waals surface area (Å²) in [5.74, 6) is 0. The largest absolute Gasteiger partial charge is 0.375 e. The van der Waals surface area contributed by atoms with Gasteiger partial charge in [0.05, 0.1) is 18.4 Å². The first-order chi connectivity index (χ1) is 9.24. The Hall–Kier alpha value is -0.650. The number of aryl methyl sites for hydroxylation is 1. The summed E-state index contributed by atoms with van der Waals surface area (Å²) in [5.41, 5.74) is 1.25. The molecule has 0 saturated carbocycles. The van der Waals surface area contributed by atoms with Crippen molar-refractivity contribution in [1.29, 1.82) is 0 Å². The second kappa shape index (κ2) is 7.22. The van der Waals surface area contributed by atoms with E-state index >= 15 is 0 Å². The van der Waals surface area contributed by atoms with E-state index in [1.807, 2.05) is 11.3 Å². The molecule has 0 spiro atoms. The third kappa shape index (κ3) is 3.91. The topological polar surface area (TPSA) is 37.4 Å². The molecule has 2 heterocycles. The molecular formula is C14H25N3OS. The van der Waals surface area contributed by atoms with E-state index in [1.54, 1.807) is 0 Å². The Balaban J connectivity index is 2.04. The van der Waals surface area contributed by atoms with Crippen molar-refractivity contribution in [2.75, 3.05) is 31.1 Å². The van der Waals surface area contributed by atoms with Gasteiger partial charge in [-0.2, -0.15) is 0 Å². The molecule has 19 heavy (non-hydrogen) atoms. The Kier molecular flexibility index (Phi) is 5.60. The van der Waals surface area contributed by atoms with Crippen LogP contribution in [-0.2, 0) is 17.7 Å². The first-order valence-corrected chi connectivity index (χ1v) is 8.12. The zero-order valence-electron chi connectivity index (χ0n) is 12.2. The maximum absolute atomic E-state index is 5.60. The van der Waals surface area contributed by atoms with Crippen LogP contribution in [0.5, 0.6) is 0 Å². The molecular weight excluding hydrogens is 258 g/mol. The number of thiazole rings is 1. The lowest BCUT2D eigenvalue weighted by atomic mass is 10.3. The molecule has 0 aromatic carbocycles. The molecule has 1 aliphatic rings. The number of hydrogen-bond acceptors (Lipinski definition) is 5. The zero-order chi connectivity index (χ0) is 13.7. The van der Waals surface area contributed by atoms with Crippen LogP contribution < -0.4 is 10.2 Å². The lowest BCUT2D eigenvalue weighted by molar-refractivity contribution is 0.0532. The number of anilines is 1. The van der Waals surface area contributed by atoms with Crippen LogP contribution in [0.25, 0.3) is 0 Å². The number of hydrogen-bond donors (Lipinski definition) is 1. The van der Waals surface area contributed by atoms with Gasteiger partial charge < -0.3 is 15.0 Å². The average molecular weight is 283 g/mol. The summed E-state index contributed by atoms with van der Waals surface area (Å²) in [4.78, 5) is 8.57. The normalized spacial score (nSPS) is 19.9. The van der Waals surface area contributed by atoms with Crippen LogP contribution in [0.1, 0.15) is 37.8 Å². The summed E-state index contributed by atoms with van der Waals surface area (Å²) in [6.07, 6.45) is 2.50. The maximum atomic E-state index is 5.60. The van der Waals surface area contributed by atoms with Gasteiger partial charge in [0.1, 0.15) is 0 Å². The number of aromatic nitrogens is 1. The van der Waals surface area contributed by atoms with Crippen LogP contribution in [0.15, 0.2) is 0 Å². The molecule has 0 radical (unpaired) electrons. The van der Waals surface area contributed by atoms with Crippen molar-refractivity contribution < 1.29 is 4.74 Å². The molecule has 108 valence electrons. The van der Waals surface area contributed by atoms with Crippen molar-refractivity contribution in [2.24, 2.45) is 0 Å². The van der Waals surface area contributed by atoms with E-state index < -0.39 is 0 Å². The fraction of sp³-hybridized carbons (Fsp3) is 0.786. The first-order valence-electron chi connectivity index (χ1n) is 7.30. The summed E-state index contributed by atoms with van der Waals surface area (Å²) in [7, 11) is 0. The predicted molar refractivity (Wildman–Crippen MR) is 81.1 cm³/mol. The fourth-order valence-corrected chi connectivity index (χ4v) is 3.44. The van der Waals surface area contributed by atoms with Crippen LogP contribution in [0.2, 0.25) is 0 Å². The van der Waals surface area contributed by atoms with Crippen molar-refractivity contribution in [3.8, 4) is 0 Å². The van der Waals surface area contributed by atoms with Gasteiger partial charge in [-0.1, -0.05) is 13.8 Å². The van der Waals surface area contributed by atoms with E-state index in [2.05, 4.69) is 31.0 Å². The molecule has 0 bridgehead atoms. The molecule has 1 fully saturated rings. The number of nitrogens with zero attached hydrogens (tertiary/aromatic N) is 2. The minimum atomic E-state index is 0.310. The molecule has 2 rings (SSSR count). The summed E-state index contributed by atoms with van der Waals surface area (Å²) in [6, 6.07) is 0. The number of rotatable bonds is 6. The molecule has 1 atom stereocenters. The van der Waals surface area contributed by atoms with E-state index in [-0.39, 0.29) is 0 Å². The van der Waals surface area contributed by atoms with Crippen LogP contribution in [0, 0.1) is 0 Å². The third-order valence-corrected chi connectivity index (χ3v) is 4.48. The standard InChI is InChI=1S/C14H25N3OS/c1-4-6-15-9-13-12(5-2)16-14(19-13)17-7-8-18-11(3)10-17/h11,15H,4-10H2,1-3H3. The molecule has 0 amide bonds. The van der Waals surface area contributed by atoms with E-state index in [0.29, 0.717) is 6.10 Å². The Morgan fingerprint density at radius 3 is 3.00 bits per heavy atom. The molecule has 1 N–H and O–H groups in total. The maximum Gasteiger partial charge on any atom is 0.185 e. The molecule has 0 aliphatic carbocycles. The van der Waals surface area contributed by atoms with Crippen LogP contribution in [0.4, 0.5) is 5.13 Å². The Labute approximate surface area is 120 Å². The highest BCUT2D eigenvalue weighted by Gasteiger charge is 2.21. The lowest BCUT2D eigenvalue weighted by Crippen LogP contribution is -2.41. The Morgan fingerprint density at radius 1 is 1.47 bits per heavy atom. The van der Waals surface area contributed by atoms with Crippen LogP contribution >= 0.6 is 11.3 Å². The Bertz CT molecular complexity index is 394. The first kappa shape index (κ1) is 14.8. The minimum absolute atomic E-state index is 0.310. The third-order valence-electron chi connectivity index (χ3n) is 3.33. The van der Waals surface area contributed by atoms with Crippen molar-refractivity contribution >= 4 is 16.5 Å². The zero-order valence-corrected chi connectivity index (χ0v) is 13.1. The summed E-state index contributed by atoms with van der Waals surface area (Å²) < 4.78 is 5.60. The quantitative estimate of drug-likeness (QED) is 0.814. The SMILES string of the molecule is CCCNCc1sc(N2CCOC(C)C2)nc1CC. The van der Waals surface area contributed by atoms with Gasteiger partial charge in [-0.25, -0.2) is 4.98 Å². The summed E-state index contributed by atoms with van der Waals surface area (Å²) in [6.45, 7) is 11.3. The van der Waals surface area contributed by atoms with E-state index in [1.165, 1.54) is 22.1 Å². The number of nitrogens with one attached hydrogen (secondary N) is 1. The molecule has 1 aromatic rings. The van der Waals surface area contributed by atoms with Crippen molar-refractivity contribution in [3.63, 3.8) is 0 Å². The smallest absolute Gasteiger partial charge is 0.185 e. The van der Waals surface area contributed by atoms with Gasteiger partial charge in [0, 0.05) is 24.5 Å². The molecule has 5 heteroatoms. The van der Waals surface area contributed by atoms with Gasteiger partial charge in [-0.15, -0.1) is 11.3 Å². The lowest BCUT2D eigenvalue weighted by Gasteiger charge is -2.30. The summed E-state index contributed by atoms with van der Waals surface area (Å²) >= 11 is 1.84. The highest BCUT2D eigenvalue weighted by atomic mass is 32.1. The highest BCUT2D eigenvalue weighted by Crippen LogP contribution is 2.28. The van der Waals surface area contributed by atoms with E-state index in [0.717, 1.165) is 39.2 Å². The second-order valence-electron chi connectivity index (χ2n) is 5.02. The molecule has 1 unspecified atom stereocenters. The molecule has 1 aliphatic heterocycles. The van der Waals surface area contributed by atoms with Gasteiger partial charge in [0.2, 0.25) is 0 Å². The molecule has 1 aromatic heterocycles. The number of ether oxygens (including phenoxy) is 1. The van der Waals surface area contributed by atoms with Gasteiger partial charge >= 0.3 is 0 Å². The van der Waals surface area contributed by atoms with Crippen LogP contribution in [0.3, 0.4) is 0 Å². The van der Waals surface area contributed by atoms with Gasteiger partial charge in [-0.05, 0) is 26.3 Å². The van der Waals surface area contributed by atoms with E-state index in [4.69, 9.17) is 9.72 Å². The van der Waals surface area contributed by atoms with Crippen molar-refractivity contribution in [2.45, 2.75) is 46.3 Å². The Morgan fingerprint density at radius 2 is 2.32 bits per heavy atom. The molecule has 4 nitrogen and oxygen atoms in total. The second-order valence-corrected chi connectivity index (χ2v) is 6.09. The van der Waals surface area contributed by atoms with Crippen LogP contribution in [-0.4, -0.2) is 37.3 Å². The summed E-state index contributed by atoms with van der Waals surface area (Å²) in [5, 5.41) is 4.65. The average Bonchev–Trinajstić information content (AvgIpc) is 2.82. The van der Waals surface area contributed by atoms with E-state index in [9.17, 15) is 0 Å². The predicted octanol–water partition coefficient (Wildman–Crippen LogP) is 2.43. The number of morpholine rings is 1. The van der Waals surface area contributed by atoms with Crippen molar-refractivity contribution in [3.05, 3.63) is 10.6 Å². The van der Waals surface area contributed by atoms with Crippen molar-refractivity contribution in [1.82, 2.24) is 10.3 Å². The van der Waals surface area contributed by atoms with Gasteiger partial charge in [-0.3, -0.25) is 0 Å². The van der Waals surface area contributed by atoms with Gasteiger partial charge in [0.15, 0.2) is 5.13 Å². The van der Waals surface area contributed by atoms with Gasteiger partial charge in [0.25, 0.3) is 0 Å². The minimum Gasteiger partial charge on any atom is -0.375 e. The monoisotopic (exact) mass is 283 g/mol. The fourth-order valence-electron chi connectivity index (χ4n) is 2.29. The highest BCUT2D eigenvalue weighted by molar-refractivity contribution is 7.15.